The van der Waals surface area contributed by atoms with Gasteiger partial charge in [0.2, 0.25) is 0 Å². The predicted octanol–water partition coefficient (Wildman–Crippen LogP) is 2.42. The molecule has 0 bridgehead atoms. The van der Waals surface area contributed by atoms with Crippen LogP contribution in [0.5, 0.6) is 0 Å². The van der Waals surface area contributed by atoms with Crippen LogP contribution in [0.3, 0.4) is 0 Å². The Labute approximate surface area is 123 Å². The number of hydrogen-bond acceptors (Lipinski definition) is 3. The first kappa shape index (κ1) is 13.1. The number of aromatic nitrogens is 1. The first-order chi connectivity index (χ1) is 9.74. The molecule has 0 saturated heterocycles. The van der Waals surface area contributed by atoms with E-state index in [9.17, 15) is 0 Å². The molecule has 1 N–H and O–H groups in total. The summed E-state index contributed by atoms with van der Waals surface area (Å²) in [5.74, 6) is 0.942. The Morgan fingerprint density at radius 1 is 1.40 bits per heavy atom. The number of benzene rings is 1. The number of nitrogens with one attached hydrogen (secondary N) is 1. The van der Waals surface area contributed by atoms with Crippen LogP contribution in [0.4, 0.5) is 0 Å². The van der Waals surface area contributed by atoms with Crippen LogP contribution in [0.25, 0.3) is 0 Å². The minimum absolute atomic E-state index is 0.705. The van der Waals surface area contributed by atoms with Gasteiger partial charge in [-0.05, 0) is 31.1 Å². The summed E-state index contributed by atoms with van der Waals surface area (Å²) < 4.78 is 5.35. The molecule has 2 heterocycles. The van der Waals surface area contributed by atoms with Crippen LogP contribution in [0.2, 0.25) is 0 Å². The summed E-state index contributed by atoms with van der Waals surface area (Å²) in [6, 6.07) is 10.3. The molecular formula is C15H17N3OS. The monoisotopic (exact) mass is 287 g/mol. The zero-order valence-electron chi connectivity index (χ0n) is 11.4. The SMILES string of the molecule is Cc1noc2c1CCN(C(=S)NCc1ccccc1)C2. The molecule has 0 spiro atoms. The third kappa shape index (κ3) is 2.67. The second kappa shape index (κ2) is 5.63. The average molecular weight is 287 g/mol. The van der Waals surface area contributed by atoms with Crippen LogP contribution in [0.15, 0.2) is 34.9 Å². The van der Waals surface area contributed by atoms with Gasteiger partial charge < -0.3 is 14.7 Å². The zero-order chi connectivity index (χ0) is 13.9. The Balaban J connectivity index is 1.59. The van der Waals surface area contributed by atoms with Crippen molar-refractivity contribution in [3.8, 4) is 0 Å². The highest BCUT2D eigenvalue weighted by Crippen LogP contribution is 2.21. The van der Waals surface area contributed by atoms with Crippen molar-refractivity contribution in [2.45, 2.75) is 26.4 Å². The molecule has 0 atom stereocenters. The van der Waals surface area contributed by atoms with Gasteiger partial charge in [-0.3, -0.25) is 0 Å². The number of rotatable bonds is 2. The van der Waals surface area contributed by atoms with E-state index in [-0.39, 0.29) is 0 Å². The van der Waals surface area contributed by atoms with Crippen LogP contribution >= 0.6 is 12.2 Å². The van der Waals surface area contributed by atoms with Gasteiger partial charge >= 0.3 is 0 Å². The Kier molecular flexibility index (Phi) is 3.69. The maximum Gasteiger partial charge on any atom is 0.169 e. The molecule has 1 aromatic carbocycles. The minimum atomic E-state index is 0.705. The lowest BCUT2D eigenvalue weighted by atomic mass is 10.1. The fourth-order valence-corrected chi connectivity index (χ4v) is 2.67. The summed E-state index contributed by atoms with van der Waals surface area (Å²) >= 11 is 5.46. The summed E-state index contributed by atoms with van der Waals surface area (Å²) in [6.07, 6.45) is 0.942. The van der Waals surface area contributed by atoms with E-state index in [1.54, 1.807) is 0 Å². The highest BCUT2D eigenvalue weighted by Gasteiger charge is 2.23. The molecule has 0 aliphatic carbocycles. The summed E-state index contributed by atoms with van der Waals surface area (Å²) in [4.78, 5) is 2.13. The molecule has 1 aromatic heterocycles. The number of nitrogens with zero attached hydrogens (tertiary/aromatic N) is 2. The van der Waals surface area contributed by atoms with Crippen molar-refractivity contribution in [3.63, 3.8) is 0 Å². The van der Waals surface area contributed by atoms with Crippen molar-refractivity contribution in [1.29, 1.82) is 0 Å². The van der Waals surface area contributed by atoms with E-state index < -0.39 is 0 Å². The minimum Gasteiger partial charge on any atom is -0.359 e. The molecule has 0 saturated carbocycles. The fourth-order valence-electron chi connectivity index (χ4n) is 2.44. The molecule has 4 nitrogen and oxygen atoms in total. The Hall–Kier alpha value is -1.88. The number of aryl methyl sites for hydroxylation is 1. The molecule has 20 heavy (non-hydrogen) atoms. The van der Waals surface area contributed by atoms with Gasteiger partial charge in [-0.15, -0.1) is 0 Å². The normalized spacial score (nSPS) is 13.9. The molecule has 104 valence electrons. The maximum absolute atomic E-state index is 5.46. The van der Waals surface area contributed by atoms with E-state index in [4.69, 9.17) is 16.7 Å². The van der Waals surface area contributed by atoms with E-state index in [0.717, 1.165) is 36.1 Å². The van der Waals surface area contributed by atoms with E-state index in [0.29, 0.717) is 6.54 Å². The lowest BCUT2D eigenvalue weighted by molar-refractivity contribution is 0.300. The second-order valence-electron chi connectivity index (χ2n) is 4.99. The van der Waals surface area contributed by atoms with Crippen molar-refractivity contribution >= 4 is 17.3 Å². The Bertz CT molecular complexity index is 609. The summed E-state index contributed by atoms with van der Waals surface area (Å²) in [5, 5.41) is 8.09. The lowest BCUT2D eigenvalue weighted by Gasteiger charge is -2.28. The first-order valence-electron chi connectivity index (χ1n) is 6.75. The number of thiocarbonyl (C=S) groups is 1. The molecular weight excluding hydrogens is 270 g/mol. The van der Waals surface area contributed by atoms with Crippen LogP contribution in [0.1, 0.15) is 22.6 Å². The van der Waals surface area contributed by atoms with Crippen molar-refractivity contribution < 1.29 is 4.52 Å². The summed E-state index contributed by atoms with van der Waals surface area (Å²) in [5.41, 5.74) is 3.47. The molecule has 0 amide bonds. The number of fused-ring (bicyclic) bond motifs is 1. The largest absolute Gasteiger partial charge is 0.359 e. The smallest absolute Gasteiger partial charge is 0.169 e. The average Bonchev–Trinajstić information content (AvgIpc) is 2.87. The van der Waals surface area contributed by atoms with Gasteiger partial charge in [0.25, 0.3) is 0 Å². The van der Waals surface area contributed by atoms with E-state index in [1.165, 1.54) is 11.1 Å². The summed E-state index contributed by atoms with van der Waals surface area (Å²) in [6.45, 7) is 4.36. The van der Waals surface area contributed by atoms with Gasteiger partial charge in [-0.2, -0.15) is 0 Å². The molecule has 1 aliphatic heterocycles. The zero-order valence-corrected chi connectivity index (χ0v) is 12.2. The fraction of sp³-hybridized carbons (Fsp3) is 0.333. The van der Waals surface area contributed by atoms with Gasteiger partial charge in [0.1, 0.15) is 0 Å². The van der Waals surface area contributed by atoms with Gasteiger partial charge in [0, 0.05) is 18.7 Å². The highest BCUT2D eigenvalue weighted by molar-refractivity contribution is 7.80. The topological polar surface area (TPSA) is 41.3 Å². The number of hydrogen-bond donors (Lipinski definition) is 1. The van der Waals surface area contributed by atoms with Crippen molar-refractivity contribution in [3.05, 3.63) is 52.9 Å². The third-order valence-electron chi connectivity index (χ3n) is 3.61. The van der Waals surface area contributed by atoms with Crippen LogP contribution in [-0.4, -0.2) is 21.7 Å². The highest BCUT2D eigenvalue weighted by atomic mass is 32.1. The van der Waals surface area contributed by atoms with E-state index in [2.05, 4.69) is 27.5 Å². The predicted molar refractivity (Wildman–Crippen MR) is 81.2 cm³/mol. The van der Waals surface area contributed by atoms with Crippen LogP contribution in [-0.2, 0) is 19.5 Å². The Morgan fingerprint density at radius 3 is 3.00 bits per heavy atom. The van der Waals surface area contributed by atoms with E-state index in [1.807, 2.05) is 25.1 Å². The molecule has 0 radical (unpaired) electrons. The van der Waals surface area contributed by atoms with Crippen LogP contribution in [0, 0.1) is 6.92 Å². The standard InChI is InChI=1S/C15H17N3OS/c1-11-13-7-8-18(10-14(13)19-17-11)15(20)16-9-12-5-3-2-4-6-12/h2-6H,7-10H2,1H3,(H,16,20). The van der Waals surface area contributed by atoms with Gasteiger partial charge in [-0.1, -0.05) is 35.5 Å². The molecule has 1 aliphatic rings. The van der Waals surface area contributed by atoms with E-state index >= 15 is 0 Å². The molecule has 2 aromatic rings. The lowest BCUT2D eigenvalue weighted by Crippen LogP contribution is -2.42. The van der Waals surface area contributed by atoms with Crippen molar-refractivity contribution in [2.24, 2.45) is 0 Å². The van der Waals surface area contributed by atoms with Crippen molar-refractivity contribution in [2.75, 3.05) is 6.54 Å². The quantitative estimate of drug-likeness (QED) is 0.859. The molecule has 0 fully saturated rings. The molecule has 5 heteroatoms. The second-order valence-corrected chi connectivity index (χ2v) is 5.37. The van der Waals surface area contributed by atoms with Gasteiger partial charge in [0.15, 0.2) is 10.9 Å². The Morgan fingerprint density at radius 2 is 2.20 bits per heavy atom. The van der Waals surface area contributed by atoms with Gasteiger partial charge in [0.05, 0.1) is 12.2 Å². The van der Waals surface area contributed by atoms with Crippen LogP contribution < -0.4 is 5.32 Å². The summed E-state index contributed by atoms with van der Waals surface area (Å²) in [7, 11) is 0. The third-order valence-corrected chi connectivity index (χ3v) is 4.01. The van der Waals surface area contributed by atoms with Crippen molar-refractivity contribution in [1.82, 2.24) is 15.4 Å². The van der Waals surface area contributed by atoms with Gasteiger partial charge in [-0.25, -0.2) is 0 Å². The first-order valence-corrected chi connectivity index (χ1v) is 7.15. The molecule has 0 unspecified atom stereocenters. The molecule has 3 rings (SSSR count). The maximum atomic E-state index is 5.46.